The van der Waals surface area contributed by atoms with E-state index in [2.05, 4.69) is 15.4 Å². The summed E-state index contributed by atoms with van der Waals surface area (Å²) in [7, 11) is 0. The van der Waals surface area contributed by atoms with Crippen LogP contribution in [-0.4, -0.2) is 72.3 Å². The molecular formula is C38H45F3N4O8S. The Morgan fingerprint density at radius 3 is 2.26 bits per heavy atom. The first-order chi connectivity index (χ1) is 25.3. The second-order valence-electron chi connectivity index (χ2n) is 14.0. The third-order valence-electron chi connectivity index (χ3n) is 9.21. The predicted molar refractivity (Wildman–Crippen MR) is 199 cm³/mol. The quantitative estimate of drug-likeness (QED) is 0.0521. The number of aryl methyl sites for hydroxylation is 1. The molecule has 16 heteroatoms. The molecule has 0 spiro atoms. The van der Waals surface area contributed by atoms with Gasteiger partial charge >= 0.3 is 12.1 Å². The summed E-state index contributed by atoms with van der Waals surface area (Å²) in [6.45, 7) is 6.63. The van der Waals surface area contributed by atoms with Crippen molar-refractivity contribution in [3.8, 4) is 0 Å². The van der Waals surface area contributed by atoms with Crippen LogP contribution in [0.4, 0.5) is 18.9 Å². The van der Waals surface area contributed by atoms with Crippen LogP contribution in [0.1, 0.15) is 66.5 Å². The zero-order chi connectivity index (χ0) is 40.0. The smallest absolute Gasteiger partial charge is 0.416 e. The van der Waals surface area contributed by atoms with Crippen LogP contribution in [0.25, 0.3) is 10.9 Å². The van der Waals surface area contributed by atoms with Crippen molar-refractivity contribution in [3.63, 3.8) is 0 Å². The van der Waals surface area contributed by atoms with Gasteiger partial charge in [-0.05, 0) is 53.1 Å². The Kier molecular flexibility index (Phi) is 13.5. The van der Waals surface area contributed by atoms with Crippen molar-refractivity contribution in [1.29, 1.82) is 0 Å². The zero-order valence-electron chi connectivity index (χ0n) is 30.1. The standard InChI is InChI=1S/C37H43F3N4O6S.CH2O2/c1-5-23-14-15-26-31-25(23)18-28(44(31)32(37(49,50)51-43-26)30(34(47)48)35(2,3)4)33(46)42-27(17-21-10-7-6-8-11-21)29(45)20-41-19-22-12-9-13-24(16-22)36(38,39)40;2-1-3/h6-16,18,27,29-30,32,41,43,45,49-50H,5,17,19-20H2,1-4H3,(H,42,46)(H,47,48);1H,(H,2,3)/t27-,29+,30?,32?;/m0./s1. The molecule has 12 nitrogen and oxygen atoms in total. The topological polar surface area (TPSA) is 193 Å². The highest BCUT2D eigenvalue weighted by atomic mass is 32.2. The number of alkyl halides is 3. The molecule has 5 rings (SSSR count). The number of halogens is 3. The van der Waals surface area contributed by atoms with Crippen molar-refractivity contribution in [2.75, 3.05) is 11.3 Å². The van der Waals surface area contributed by atoms with Crippen LogP contribution in [0.5, 0.6) is 0 Å². The van der Waals surface area contributed by atoms with Gasteiger partial charge in [-0.2, -0.15) is 13.2 Å². The Labute approximate surface area is 314 Å². The number of aliphatic hydroxyl groups is 3. The summed E-state index contributed by atoms with van der Waals surface area (Å²) in [6.07, 6.45) is -4.98. The molecule has 0 radical (unpaired) electrons. The first-order valence-corrected chi connectivity index (χ1v) is 17.9. The zero-order valence-corrected chi connectivity index (χ0v) is 30.9. The lowest BCUT2D eigenvalue weighted by molar-refractivity contribution is -0.168. The lowest BCUT2D eigenvalue weighted by Crippen LogP contribution is -2.51. The van der Waals surface area contributed by atoms with E-state index in [1.54, 1.807) is 32.9 Å². The number of nitrogens with zero attached hydrogens (tertiary/aromatic N) is 1. The highest BCUT2D eigenvalue weighted by Crippen LogP contribution is 2.50. The normalized spacial score (nSPS) is 16.9. The Balaban J connectivity index is 0.00000209. The maximum absolute atomic E-state index is 14.5. The molecule has 0 bridgehead atoms. The molecule has 292 valence electrons. The molecule has 1 aromatic heterocycles. The largest absolute Gasteiger partial charge is 0.483 e. The van der Waals surface area contributed by atoms with Crippen molar-refractivity contribution < 1.29 is 53.1 Å². The minimum Gasteiger partial charge on any atom is -0.483 e. The second kappa shape index (κ2) is 17.2. The molecule has 1 aliphatic rings. The lowest BCUT2D eigenvalue weighted by atomic mass is 9.75. The van der Waals surface area contributed by atoms with Gasteiger partial charge in [0.05, 0.1) is 34.8 Å². The van der Waals surface area contributed by atoms with Gasteiger partial charge < -0.3 is 45.5 Å². The molecule has 54 heavy (non-hydrogen) atoms. The number of amides is 1. The number of hydrogen-bond acceptors (Lipinski definition) is 9. The van der Waals surface area contributed by atoms with E-state index in [-0.39, 0.29) is 31.7 Å². The molecule has 0 saturated heterocycles. The summed E-state index contributed by atoms with van der Waals surface area (Å²) in [5, 5.41) is 55.7. The summed E-state index contributed by atoms with van der Waals surface area (Å²) < 4.78 is 44.1. The first-order valence-electron chi connectivity index (χ1n) is 17.1. The average Bonchev–Trinajstić information content (AvgIpc) is 3.44. The highest BCUT2D eigenvalue weighted by Gasteiger charge is 2.53. The van der Waals surface area contributed by atoms with E-state index in [0.717, 1.165) is 23.3 Å². The number of aromatic nitrogens is 1. The number of carboxylic acid groups (broad SMARTS) is 2. The number of carbonyl (C=O) groups is 3. The van der Waals surface area contributed by atoms with Gasteiger partial charge in [0.2, 0.25) is 0 Å². The average molecular weight is 775 g/mol. The van der Waals surface area contributed by atoms with Crippen molar-refractivity contribution in [1.82, 2.24) is 15.2 Å². The molecule has 4 aromatic rings. The lowest BCUT2D eigenvalue weighted by Gasteiger charge is -2.40. The number of benzene rings is 3. The number of hydrogen-bond donors (Lipinski definition) is 8. The minimum absolute atomic E-state index is 0.0224. The van der Waals surface area contributed by atoms with Gasteiger partial charge in [0.1, 0.15) is 11.7 Å². The van der Waals surface area contributed by atoms with E-state index in [9.17, 15) is 43.2 Å². The maximum atomic E-state index is 14.5. The van der Waals surface area contributed by atoms with Gasteiger partial charge in [0.15, 0.2) is 0 Å². The van der Waals surface area contributed by atoms with Crippen molar-refractivity contribution in [2.24, 2.45) is 11.3 Å². The van der Waals surface area contributed by atoms with Crippen LogP contribution in [0.15, 0.2) is 72.8 Å². The molecule has 0 saturated carbocycles. The molecule has 0 fully saturated rings. The number of aliphatic carboxylic acids is 1. The summed E-state index contributed by atoms with van der Waals surface area (Å²) in [6, 6.07) is 16.7. The van der Waals surface area contributed by atoms with E-state index >= 15 is 0 Å². The third-order valence-corrected chi connectivity index (χ3v) is 10.1. The monoisotopic (exact) mass is 774 g/mol. The van der Waals surface area contributed by atoms with Crippen molar-refractivity contribution >= 4 is 46.9 Å². The van der Waals surface area contributed by atoms with Gasteiger partial charge in [0.25, 0.3) is 17.5 Å². The molecule has 0 aliphatic carbocycles. The van der Waals surface area contributed by atoms with Gasteiger partial charge in [-0.25, -0.2) is 0 Å². The molecule has 8 N–H and O–H groups in total. The Morgan fingerprint density at radius 2 is 1.67 bits per heavy atom. The third kappa shape index (κ3) is 9.73. The number of carboxylic acids is 1. The molecular weight excluding hydrogens is 729 g/mol. The SMILES string of the molecule is CCc1ccc2c3c1cc(C(=O)N[C@@H](Cc1ccccc1)[C@H](O)CNCc1cccc(C(F)(F)F)c1)n3C(C(C(=O)O)C(C)(C)C)C(O)(O)SN2.O=CO. The first kappa shape index (κ1) is 42.1. The molecule has 1 amide bonds. The number of nitrogens with one attached hydrogen (secondary N) is 3. The molecule has 1 aliphatic heterocycles. The Bertz CT molecular complexity index is 1930. The van der Waals surface area contributed by atoms with Crippen LogP contribution < -0.4 is 15.4 Å². The molecule has 2 heterocycles. The summed E-state index contributed by atoms with van der Waals surface area (Å²) >= 11 is 0.544. The van der Waals surface area contributed by atoms with Gasteiger partial charge in [0, 0.05) is 30.4 Å². The Hall–Kier alpha value is -4.61. The van der Waals surface area contributed by atoms with E-state index in [0.29, 0.717) is 40.5 Å². The van der Waals surface area contributed by atoms with Gasteiger partial charge in [-0.15, -0.1) is 0 Å². The van der Waals surface area contributed by atoms with E-state index in [1.165, 1.54) is 16.7 Å². The van der Waals surface area contributed by atoms with Crippen LogP contribution in [0, 0.1) is 11.3 Å². The van der Waals surface area contributed by atoms with Gasteiger partial charge in [-0.3, -0.25) is 14.4 Å². The molecule has 3 aromatic carbocycles. The predicted octanol–water partition coefficient (Wildman–Crippen LogP) is 5.42. The summed E-state index contributed by atoms with van der Waals surface area (Å²) in [4.78, 5) is 35.7. The summed E-state index contributed by atoms with van der Waals surface area (Å²) in [5.41, 5.74) is 1.06. The number of aliphatic hydroxyl groups excluding tert-OH is 1. The summed E-state index contributed by atoms with van der Waals surface area (Å²) in [5.74, 6) is -3.36. The van der Waals surface area contributed by atoms with Crippen LogP contribution in [0.2, 0.25) is 0 Å². The van der Waals surface area contributed by atoms with Crippen LogP contribution in [0.3, 0.4) is 0 Å². The van der Waals surface area contributed by atoms with Crippen LogP contribution in [-0.2, 0) is 35.2 Å². The van der Waals surface area contributed by atoms with Gasteiger partial charge in [-0.1, -0.05) is 82.3 Å². The second-order valence-corrected chi connectivity index (χ2v) is 15.1. The number of carbonyl (C=O) groups excluding carboxylic acids is 1. The Morgan fingerprint density at radius 1 is 1.02 bits per heavy atom. The van der Waals surface area contributed by atoms with Crippen LogP contribution >= 0.6 is 11.9 Å². The molecule has 4 atom stereocenters. The van der Waals surface area contributed by atoms with E-state index in [4.69, 9.17) is 9.90 Å². The van der Waals surface area contributed by atoms with Crippen molar-refractivity contribution in [3.05, 3.63) is 101 Å². The fourth-order valence-corrected chi connectivity index (χ4v) is 7.50. The van der Waals surface area contributed by atoms with Crippen molar-refractivity contribution in [2.45, 2.75) is 76.6 Å². The highest BCUT2D eigenvalue weighted by molar-refractivity contribution is 8.01. The number of rotatable bonds is 12. The minimum atomic E-state index is -4.50. The fourth-order valence-electron chi connectivity index (χ4n) is 6.71. The maximum Gasteiger partial charge on any atom is 0.416 e. The fraction of sp³-hybridized carbons (Fsp3) is 0.395. The van der Waals surface area contributed by atoms with E-state index < -0.39 is 58.3 Å². The number of anilines is 1. The van der Waals surface area contributed by atoms with E-state index in [1.807, 2.05) is 43.3 Å². The molecule has 2 unspecified atom stereocenters.